The van der Waals surface area contributed by atoms with Crippen molar-refractivity contribution in [2.75, 3.05) is 39.0 Å². The molecule has 1 aromatic carbocycles. The molecule has 2 aliphatic heterocycles. The normalized spacial score (nSPS) is 27.1. The van der Waals surface area contributed by atoms with Crippen molar-refractivity contribution in [3.05, 3.63) is 29.8 Å². The Kier molecular flexibility index (Phi) is 3.81. The monoisotopic (exact) mass is 295 g/mol. The predicted molar refractivity (Wildman–Crippen MR) is 78.1 cm³/mol. The van der Waals surface area contributed by atoms with Gasteiger partial charge in [0.1, 0.15) is 0 Å². The molecule has 0 spiro atoms. The first-order valence-electron chi connectivity index (χ1n) is 7.07. The smallest absolute Gasteiger partial charge is 0.178 e. The molecule has 0 bridgehead atoms. The summed E-state index contributed by atoms with van der Waals surface area (Å²) in [5.41, 5.74) is 4.43. The Bertz CT molecular complexity index is 580. The molecule has 2 aliphatic rings. The van der Waals surface area contributed by atoms with E-state index in [1.165, 1.54) is 0 Å². The molecule has 2 heterocycles. The lowest BCUT2D eigenvalue weighted by Gasteiger charge is -2.37. The van der Waals surface area contributed by atoms with Crippen LogP contribution in [0.15, 0.2) is 29.2 Å². The summed E-state index contributed by atoms with van der Waals surface area (Å²) >= 11 is 0. The third-order valence-electron chi connectivity index (χ3n) is 4.15. The number of benzene rings is 1. The summed E-state index contributed by atoms with van der Waals surface area (Å²) in [5.74, 6) is 0.232. The average Bonchev–Trinajstić information content (AvgIpc) is 2.45. The van der Waals surface area contributed by atoms with Crippen LogP contribution in [0.3, 0.4) is 0 Å². The molecule has 1 unspecified atom stereocenters. The van der Waals surface area contributed by atoms with Gasteiger partial charge < -0.3 is 4.90 Å². The summed E-state index contributed by atoms with van der Waals surface area (Å²) in [7, 11) is -0.966. The maximum Gasteiger partial charge on any atom is 0.178 e. The number of likely N-dealkylation sites (N-methyl/N-ethyl adjacent to an activating group) is 1. The second-order valence-corrected chi connectivity index (χ2v) is 7.69. The lowest BCUT2D eigenvalue weighted by molar-refractivity contribution is 0.0848. The van der Waals surface area contributed by atoms with Crippen LogP contribution in [-0.4, -0.2) is 57.3 Å². The summed E-state index contributed by atoms with van der Waals surface area (Å²) in [6.07, 6.45) is 0.645. The predicted octanol–water partition coefficient (Wildman–Crippen LogP) is 0.657. The maximum absolute atomic E-state index is 12.1. The van der Waals surface area contributed by atoms with Gasteiger partial charge in [0.2, 0.25) is 0 Å². The molecule has 1 fully saturated rings. The fourth-order valence-corrected chi connectivity index (χ4v) is 4.50. The Morgan fingerprint density at radius 3 is 2.60 bits per heavy atom. The molecule has 6 heteroatoms. The van der Waals surface area contributed by atoms with E-state index in [0.717, 1.165) is 31.7 Å². The fourth-order valence-electron chi connectivity index (χ4n) is 2.88. The molecule has 3 rings (SSSR count). The third kappa shape index (κ3) is 2.74. The molecular formula is C14H21N3O2S. The van der Waals surface area contributed by atoms with E-state index in [0.29, 0.717) is 11.3 Å². The van der Waals surface area contributed by atoms with E-state index in [1.54, 1.807) is 12.1 Å². The Labute approximate surface area is 120 Å². The van der Waals surface area contributed by atoms with Crippen LogP contribution in [0.4, 0.5) is 0 Å². The van der Waals surface area contributed by atoms with Crippen molar-refractivity contribution in [2.45, 2.75) is 17.4 Å². The van der Waals surface area contributed by atoms with Crippen LogP contribution in [0.5, 0.6) is 0 Å². The number of nitrogens with one attached hydrogen (secondary N) is 1. The quantitative estimate of drug-likeness (QED) is 0.868. The average molecular weight is 295 g/mol. The molecule has 1 aromatic rings. The van der Waals surface area contributed by atoms with Gasteiger partial charge in [0, 0.05) is 32.2 Å². The number of piperazine rings is 1. The van der Waals surface area contributed by atoms with E-state index in [4.69, 9.17) is 0 Å². The molecule has 0 amide bonds. The number of hydrogen-bond acceptors (Lipinski definition) is 5. The van der Waals surface area contributed by atoms with Gasteiger partial charge in [0.15, 0.2) is 9.84 Å². The van der Waals surface area contributed by atoms with Gasteiger partial charge in [-0.25, -0.2) is 18.9 Å². The second-order valence-electron chi connectivity index (χ2n) is 5.62. The van der Waals surface area contributed by atoms with Crippen LogP contribution in [0.2, 0.25) is 0 Å². The SMILES string of the molecule is CN1CCN(NC2CCS(=O)(=O)c3ccccc32)CC1. The molecule has 0 saturated carbocycles. The summed E-state index contributed by atoms with van der Waals surface area (Å²) in [6, 6.07) is 7.48. The van der Waals surface area contributed by atoms with Crippen LogP contribution < -0.4 is 5.43 Å². The molecule has 5 nitrogen and oxygen atoms in total. The lowest BCUT2D eigenvalue weighted by atomic mass is 10.0. The zero-order valence-electron chi connectivity index (χ0n) is 11.7. The van der Waals surface area contributed by atoms with Gasteiger partial charge in [-0.2, -0.15) is 0 Å². The summed E-state index contributed by atoms with van der Waals surface area (Å²) in [4.78, 5) is 2.80. The summed E-state index contributed by atoms with van der Waals surface area (Å²) in [6.45, 7) is 4.03. The van der Waals surface area contributed by atoms with Gasteiger partial charge in [-0.15, -0.1) is 0 Å². The summed E-state index contributed by atoms with van der Waals surface area (Å²) < 4.78 is 24.2. The van der Waals surface area contributed by atoms with Gasteiger partial charge in [0.25, 0.3) is 0 Å². The van der Waals surface area contributed by atoms with Crippen molar-refractivity contribution < 1.29 is 8.42 Å². The zero-order chi connectivity index (χ0) is 14.2. The van der Waals surface area contributed by atoms with Crippen molar-refractivity contribution in [1.82, 2.24) is 15.3 Å². The standard InChI is InChI=1S/C14H21N3O2S/c1-16-7-9-17(10-8-16)15-13-6-11-20(18,19)14-5-3-2-4-12(13)14/h2-5,13,15H,6-11H2,1H3. The number of hydrogen-bond donors (Lipinski definition) is 1. The maximum atomic E-state index is 12.1. The van der Waals surface area contributed by atoms with Gasteiger partial charge in [-0.3, -0.25) is 0 Å². The second kappa shape index (κ2) is 5.44. The number of rotatable bonds is 2. The molecule has 1 atom stereocenters. The van der Waals surface area contributed by atoms with Crippen molar-refractivity contribution in [2.24, 2.45) is 0 Å². The van der Waals surface area contributed by atoms with Crippen LogP contribution in [-0.2, 0) is 9.84 Å². The van der Waals surface area contributed by atoms with Crippen LogP contribution >= 0.6 is 0 Å². The highest BCUT2D eigenvalue weighted by Crippen LogP contribution is 2.32. The van der Waals surface area contributed by atoms with Crippen LogP contribution in [0, 0.1) is 0 Å². The first-order chi connectivity index (χ1) is 9.56. The van der Waals surface area contributed by atoms with E-state index in [-0.39, 0.29) is 11.8 Å². The van der Waals surface area contributed by atoms with E-state index in [2.05, 4.69) is 22.4 Å². The molecule has 0 aromatic heterocycles. The first kappa shape index (κ1) is 14.0. The lowest BCUT2D eigenvalue weighted by Crippen LogP contribution is -2.52. The van der Waals surface area contributed by atoms with Crippen LogP contribution in [0.25, 0.3) is 0 Å². The highest BCUT2D eigenvalue weighted by molar-refractivity contribution is 7.91. The van der Waals surface area contributed by atoms with Gasteiger partial charge in [-0.05, 0) is 25.1 Å². The minimum absolute atomic E-state index is 0.109. The first-order valence-corrected chi connectivity index (χ1v) is 8.73. The molecule has 110 valence electrons. The topological polar surface area (TPSA) is 52.6 Å². The highest BCUT2D eigenvalue weighted by Gasteiger charge is 2.31. The van der Waals surface area contributed by atoms with Gasteiger partial charge in [0.05, 0.1) is 10.6 Å². The Morgan fingerprint density at radius 1 is 1.15 bits per heavy atom. The van der Waals surface area contributed by atoms with E-state index >= 15 is 0 Å². The van der Waals surface area contributed by atoms with Crippen LogP contribution in [0.1, 0.15) is 18.0 Å². The minimum Gasteiger partial charge on any atom is -0.304 e. The number of nitrogens with zero attached hydrogens (tertiary/aromatic N) is 2. The summed E-state index contributed by atoms with van der Waals surface area (Å²) in [5, 5.41) is 2.22. The molecule has 0 aliphatic carbocycles. The molecular weight excluding hydrogens is 274 g/mol. The van der Waals surface area contributed by atoms with Crippen molar-refractivity contribution in [1.29, 1.82) is 0 Å². The Hall–Kier alpha value is -0.950. The molecule has 0 radical (unpaired) electrons. The number of fused-ring (bicyclic) bond motifs is 1. The zero-order valence-corrected chi connectivity index (χ0v) is 12.6. The van der Waals surface area contributed by atoms with Gasteiger partial charge in [-0.1, -0.05) is 18.2 Å². The van der Waals surface area contributed by atoms with E-state index in [1.807, 2.05) is 12.1 Å². The van der Waals surface area contributed by atoms with Crippen molar-refractivity contribution >= 4 is 9.84 Å². The van der Waals surface area contributed by atoms with Crippen molar-refractivity contribution in [3.8, 4) is 0 Å². The third-order valence-corrected chi connectivity index (χ3v) is 5.96. The largest absolute Gasteiger partial charge is 0.304 e. The molecule has 1 saturated heterocycles. The fraction of sp³-hybridized carbons (Fsp3) is 0.571. The highest BCUT2D eigenvalue weighted by atomic mass is 32.2. The van der Waals surface area contributed by atoms with Gasteiger partial charge >= 0.3 is 0 Å². The molecule has 20 heavy (non-hydrogen) atoms. The number of sulfone groups is 1. The van der Waals surface area contributed by atoms with E-state index < -0.39 is 9.84 Å². The molecule has 1 N–H and O–H groups in total. The Balaban J connectivity index is 1.79. The van der Waals surface area contributed by atoms with E-state index in [9.17, 15) is 8.42 Å². The number of hydrazine groups is 1. The minimum atomic E-state index is -3.09. The van der Waals surface area contributed by atoms with Crippen molar-refractivity contribution in [3.63, 3.8) is 0 Å². The Morgan fingerprint density at radius 2 is 1.85 bits per heavy atom.